The van der Waals surface area contributed by atoms with Crippen molar-refractivity contribution in [3.05, 3.63) is 57.9 Å². The molecule has 1 aromatic heterocycles. The van der Waals surface area contributed by atoms with Crippen molar-refractivity contribution in [3.63, 3.8) is 0 Å². The van der Waals surface area contributed by atoms with Gasteiger partial charge in [-0.15, -0.1) is 0 Å². The van der Waals surface area contributed by atoms with Crippen LogP contribution >= 0.6 is 11.8 Å². The lowest BCUT2D eigenvalue weighted by atomic mass is 10.1. The number of aromatic nitrogens is 1. The van der Waals surface area contributed by atoms with Crippen LogP contribution in [0.5, 0.6) is 0 Å². The summed E-state index contributed by atoms with van der Waals surface area (Å²) in [6, 6.07) is 8.40. The fourth-order valence-electron chi connectivity index (χ4n) is 3.29. The number of nitrogens with one attached hydrogen (secondary N) is 1. The molecule has 0 radical (unpaired) electrons. The Morgan fingerprint density at radius 2 is 1.89 bits per heavy atom. The Kier molecular flexibility index (Phi) is 4.11. The number of carbonyl (C=O) groups is 1. The quantitative estimate of drug-likeness (QED) is 0.805. The number of amidine groups is 2. The third-order valence-electron chi connectivity index (χ3n) is 4.92. The Morgan fingerprint density at radius 1 is 1.11 bits per heavy atom. The first-order chi connectivity index (χ1) is 12.9. The lowest BCUT2D eigenvalue weighted by Gasteiger charge is -2.20. The lowest BCUT2D eigenvalue weighted by molar-refractivity contribution is -0.114. The van der Waals surface area contributed by atoms with Gasteiger partial charge in [-0.3, -0.25) is 10.2 Å². The Balaban J connectivity index is 1.79. The number of benzene rings is 1. The maximum Gasteiger partial charge on any atom is 0.283 e. The fraction of sp³-hybridized carbons (Fsp3) is 0.200. The molecule has 0 aliphatic carbocycles. The summed E-state index contributed by atoms with van der Waals surface area (Å²) in [7, 11) is 0. The first-order valence-corrected chi connectivity index (χ1v) is 9.44. The van der Waals surface area contributed by atoms with Crippen molar-refractivity contribution in [1.29, 1.82) is 5.41 Å². The van der Waals surface area contributed by atoms with Crippen molar-refractivity contribution in [2.24, 2.45) is 10.1 Å². The van der Waals surface area contributed by atoms with Crippen molar-refractivity contribution < 1.29 is 4.79 Å². The van der Waals surface area contributed by atoms with Gasteiger partial charge in [0.2, 0.25) is 0 Å². The van der Waals surface area contributed by atoms with Crippen LogP contribution in [0.25, 0.3) is 11.8 Å². The summed E-state index contributed by atoms with van der Waals surface area (Å²) in [5.41, 5.74) is 8.37. The molecule has 0 atom stereocenters. The average molecular weight is 377 g/mol. The molecule has 0 bridgehead atoms. The third kappa shape index (κ3) is 2.84. The van der Waals surface area contributed by atoms with Gasteiger partial charge in [0, 0.05) is 17.1 Å². The maximum absolute atomic E-state index is 12.4. The molecule has 0 fully saturated rings. The molecule has 0 saturated carbocycles. The number of rotatable bonds is 2. The van der Waals surface area contributed by atoms with Crippen molar-refractivity contribution in [2.45, 2.75) is 27.7 Å². The molecule has 4 rings (SSSR count). The number of carbonyl (C=O) groups excluding carboxylic acids is 1. The summed E-state index contributed by atoms with van der Waals surface area (Å²) in [6.45, 7) is 8.25. The minimum atomic E-state index is -0.403. The van der Waals surface area contributed by atoms with Crippen molar-refractivity contribution in [3.8, 4) is 5.69 Å². The van der Waals surface area contributed by atoms with Gasteiger partial charge in [-0.25, -0.2) is 0 Å². The van der Waals surface area contributed by atoms with Crippen LogP contribution in [0.3, 0.4) is 0 Å². The molecule has 3 heterocycles. The number of hydrazone groups is 1. The van der Waals surface area contributed by atoms with Crippen molar-refractivity contribution in [2.75, 3.05) is 0 Å². The zero-order valence-corrected chi connectivity index (χ0v) is 16.4. The highest BCUT2D eigenvalue weighted by Crippen LogP contribution is 2.28. The number of nitrogens with zero attached hydrogens (tertiary/aromatic N) is 4. The molecule has 136 valence electrons. The predicted octanol–water partition coefficient (Wildman–Crippen LogP) is 3.96. The van der Waals surface area contributed by atoms with Crippen molar-refractivity contribution >= 4 is 40.3 Å². The summed E-state index contributed by atoms with van der Waals surface area (Å²) in [4.78, 5) is 16.4. The van der Waals surface area contributed by atoms with Gasteiger partial charge < -0.3 is 4.57 Å². The fourth-order valence-corrected chi connectivity index (χ4v) is 3.90. The van der Waals surface area contributed by atoms with E-state index in [1.807, 2.05) is 19.9 Å². The number of hydrogen-bond acceptors (Lipinski definition) is 4. The molecule has 1 aromatic carbocycles. The summed E-state index contributed by atoms with van der Waals surface area (Å²) in [5, 5.41) is 14.2. The molecule has 1 N–H and O–H groups in total. The maximum atomic E-state index is 12.4. The SMILES string of the molecule is Cc1ccc(-n2c(C)cc(/C=C3\C(=N)N4N=CSC4=NC3=O)c2C)cc1C. The van der Waals surface area contributed by atoms with Gasteiger partial charge >= 0.3 is 0 Å². The standard InChI is InChI=1S/C20H19N5OS/c1-11-5-6-16(7-12(11)2)24-13(3)8-15(14(24)4)9-17-18(21)25-20(23-19(17)26)27-10-22-25/h5-10,21H,1-4H3/b17-9+,21-18?. The molecular formula is C20H19N5OS. The average Bonchev–Trinajstić information content (AvgIpc) is 3.19. The van der Waals surface area contributed by atoms with Crippen LogP contribution in [0.15, 0.2) is 39.9 Å². The van der Waals surface area contributed by atoms with E-state index < -0.39 is 5.91 Å². The number of hydrogen-bond donors (Lipinski definition) is 1. The van der Waals surface area contributed by atoms with E-state index in [-0.39, 0.29) is 11.4 Å². The number of aliphatic imine (C=N–C) groups is 1. The zero-order chi connectivity index (χ0) is 19.3. The van der Waals surface area contributed by atoms with Crippen LogP contribution in [-0.4, -0.2) is 32.0 Å². The van der Waals surface area contributed by atoms with Gasteiger partial charge in [0.05, 0.1) is 11.1 Å². The second kappa shape index (κ2) is 6.35. The van der Waals surface area contributed by atoms with Gasteiger partial charge in [0.25, 0.3) is 5.91 Å². The monoisotopic (exact) mass is 377 g/mol. The zero-order valence-electron chi connectivity index (χ0n) is 15.6. The summed E-state index contributed by atoms with van der Waals surface area (Å²) < 4.78 is 2.16. The molecule has 0 spiro atoms. The highest BCUT2D eigenvalue weighted by molar-refractivity contribution is 8.25. The predicted molar refractivity (Wildman–Crippen MR) is 111 cm³/mol. The Bertz CT molecular complexity index is 1090. The smallest absolute Gasteiger partial charge is 0.283 e. The van der Waals surface area contributed by atoms with E-state index in [1.165, 1.54) is 27.9 Å². The minimum Gasteiger partial charge on any atom is -0.318 e. The molecule has 7 heteroatoms. The normalized spacial score (nSPS) is 17.7. The summed E-state index contributed by atoms with van der Waals surface area (Å²) >= 11 is 1.24. The van der Waals surface area contributed by atoms with Gasteiger partial charge in [-0.2, -0.15) is 15.1 Å². The number of aryl methyl sites for hydroxylation is 3. The molecule has 0 unspecified atom stereocenters. The third-order valence-corrected chi connectivity index (χ3v) is 5.59. The number of amides is 1. The molecular weight excluding hydrogens is 358 g/mol. The summed E-state index contributed by atoms with van der Waals surface area (Å²) in [5.74, 6) is -0.345. The highest BCUT2D eigenvalue weighted by Gasteiger charge is 2.32. The number of fused-ring (bicyclic) bond motifs is 1. The second-order valence-electron chi connectivity index (χ2n) is 6.69. The Morgan fingerprint density at radius 3 is 2.63 bits per heavy atom. The van der Waals surface area contributed by atoms with Gasteiger partial charge in [0.1, 0.15) is 0 Å². The van der Waals surface area contributed by atoms with Crippen LogP contribution in [-0.2, 0) is 4.79 Å². The molecule has 0 saturated heterocycles. The van der Waals surface area contributed by atoms with Crippen LogP contribution < -0.4 is 0 Å². The second-order valence-corrected chi connectivity index (χ2v) is 7.50. The lowest BCUT2D eigenvalue weighted by Crippen LogP contribution is -2.35. The van der Waals surface area contributed by atoms with Crippen LogP contribution in [0.4, 0.5) is 0 Å². The van der Waals surface area contributed by atoms with Crippen LogP contribution in [0, 0.1) is 33.1 Å². The Hall–Kier alpha value is -2.93. The van der Waals surface area contributed by atoms with E-state index in [1.54, 1.807) is 11.6 Å². The van der Waals surface area contributed by atoms with Gasteiger partial charge in [-0.05, 0) is 80.4 Å². The molecule has 1 amide bonds. The number of thioether (sulfide) groups is 1. The van der Waals surface area contributed by atoms with E-state index in [0.29, 0.717) is 5.17 Å². The van der Waals surface area contributed by atoms with Crippen LogP contribution in [0.1, 0.15) is 28.1 Å². The van der Waals surface area contributed by atoms with E-state index in [9.17, 15) is 4.79 Å². The first-order valence-electron chi connectivity index (χ1n) is 8.56. The molecule has 2 aromatic rings. The Labute approximate surface area is 161 Å². The van der Waals surface area contributed by atoms with E-state index >= 15 is 0 Å². The molecule has 2 aliphatic heterocycles. The van der Waals surface area contributed by atoms with Crippen molar-refractivity contribution in [1.82, 2.24) is 9.58 Å². The van der Waals surface area contributed by atoms with E-state index in [0.717, 1.165) is 22.6 Å². The van der Waals surface area contributed by atoms with Gasteiger partial charge in [-0.1, -0.05) is 6.07 Å². The summed E-state index contributed by atoms with van der Waals surface area (Å²) in [6.07, 6.45) is 1.74. The largest absolute Gasteiger partial charge is 0.318 e. The van der Waals surface area contributed by atoms with E-state index in [2.05, 4.69) is 46.7 Å². The van der Waals surface area contributed by atoms with E-state index in [4.69, 9.17) is 5.41 Å². The topological polar surface area (TPSA) is 73.8 Å². The molecule has 27 heavy (non-hydrogen) atoms. The molecule has 2 aliphatic rings. The van der Waals surface area contributed by atoms with Gasteiger partial charge in [0.15, 0.2) is 11.0 Å². The minimum absolute atomic E-state index is 0.0576. The van der Waals surface area contributed by atoms with Crippen LogP contribution in [0.2, 0.25) is 0 Å². The highest BCUT2D eigenvalue weighted by atomic mass is 32.2. The first kappa shape index (κ1) is 17.5. The molecule has 6 nitrogen and oxygen atoms in total.